The molecule has 44 heavy (non-hydrogen) atoms. The van der Waals surface area contributed by atoms with Gasteiger partial charge in [0.25, 0.3) is 18.3 Å². The minimum absolute atomic E-state index is 0.0221. The lowest BCUT2D eigenvalue weighted by molar-refractivity contribution is -0.161. The van der Waals surface area contributed by atoms with Crippen molar-refractivity contribution in [2.75, 3.05) is 20.8 Å². The number of carbonyl (C=O) groups is 2. The SMILES string of the molecule is COC(=O)C(C(=O)OC)[C@@H]1C=CN(S(=O)(=O)c2ccc(C)cc2)[C@@H](CO[Si](c2ccccc2)(c2ccccc2)C(C)(C)C)C1. The largest absolute Gasteiger partial charge is 0.468 e. The van der Waals surface area contributed by atoms with Crippen LogP contribution in [0.5, 0.6) is 0 Å². The summed E-state index contributed by atoms with van der Waals surface area (Å²) >= 11 is 0. The molecule has 0 N–H and O–H groups in total. The summed E-state index contributed by atoms with van der Waals surface area (Å²) in [6, 6.07) is 26.1. The molecule has 0 unspecified atom stereocenters. The van der Waals surface area contributed by atoms with Crippen LogP contribution in [0.4, 0.5) is 0 Å². The van der Waals surface area contributed by atoms with E-state index in [1.165, 1.54) is 24.7 Å². The van der Waals surface area contributed by atoms with Crippen LogP contribution in [0.3, 0.4) is 0 Å². The highest BCUT2D eigenvalue weighted by atomic mass is 32.2. The fourth-order valence-electron chi connectivity index (χ4n) is 5.99. The van der Waals surface area contributed by atoms with Gasteiger partial charge in [-0.05, 0) is 40.9 Å². The highest BCUT2D eigenvalue weighted by Gasteiger charge is 2.51. The first-order chi connectivity index (χ1) is 20.9. The number of rotatable bonds is 10. The summed E-state index contributed by atoms with van der Waals surface area (Å²) in [5, 5.41) is 1.76. The molecule has 0 saturated carbocycles. The Labute approximate surface area is 261 Å². The van der Waals surface area contributed by atoms with E-state index in [0.29, 0.717) is 0 Å². The van der Waals surface area contributed by atoms with Crippen LogP contribution >= 0.6 is 0 Å². The summed E-state index contributed by atoms with van der Waals surface area (Å²) in [4.78, 5) is 25.6. The molecular weight excluding hydrogens is 595 g/mol. The summed E-state index contributed by atoms with van der Waals surface area (Å²) in [6.45, 7) is 8.35. The molecule has 0 aromatic heterocycles. The second kappa shape index (κ2) is 13.5. The van der Waals surface area contributed by atoms with E-state index < -0.39 is 48.2 Å². The van der Waals surface area contributed by atoms with Gasteiger partial charge >= 0.3 is 11.9 Å². The highest BCUT2D eigenvalue weighted by Crippen LogP contribution is 2.38. The molecule has 8 nitrogen and oxygen atoms in total. The van der Waals surface area contributed by atoms with Crippen molar-refractivity contribution in [3.63, 3.8) is 0 Å². The molecule has 1 aliphatic heterocycles. The van der Waals surface area contributed by atoms with Crippen LogP contribution in [0.2, 0.25) is 5.04 Å². The van der Waals surface area contributed by atoms with Gasteiger partial charge in [0.05, 0.1) is 31.8 Å². The lowest BCUT2D eigenvalue weighted by Crippen LogP contribution is -2.67. The monoisotopic (exact) mass is 635 g/mol. The van der Waals surface area contributed by atoms with E-state index >= 15 is 0 Å². The number of allylic oxidation sites excluding steroid dienone is 1. The van der Waals surface area contributed by atoms with Gasteiger partial charge in [0.1, 0.15) is 0 Å². The Morgan fingerprint density at radius 3 is 1.82 bits per heavy atom. The van der Waals surface area contributed by atoms with Gasteiger partial charge in [0.15, 0.2) is 5.92 Å². The maximum atomic E-state index is 14.1. The highest BCUT2D eigenvalue weighted by molar-refractivity contribution is 7.89. The van der Waals surface area contributed by atoms with Crippen molar-refractivity contribution in [3.8, 4) is 0 Å². The van der Waals surface area contributed by atoms with Crippen molar-refractivity contribution in [1.82, 2.24) is 4.31 Å². The number of carbonyl (C=O) groups excluding carboxylic acids is 2. The minimum Gasteiger partial charge on any atom is -0.468 e. The molecule has 1 aliphatic rings. The molecule has 2 atom stereocenters. The Kier molecular flexibility index (Phi) is 10.2. The van der Waals surface area contributed by atoms with Crippen molar-refractivity contribution < 1.29 is 31.9 Å². The van der Waals surface area contributed by atoms with Gasteiger partial charge in [-0.2, -0.15) is 0 Å². The molecule has 3 aromatic carbocycles. The number of sulfonamides is 1. The van der Waals surface area contributed by atoms with E-state index in [0.717, 1.165) is 15.9 Å². The van der Waals surface area contributed by atoms with E-state index in [-0.39, 0.29) is 23.0 Å². The van der Waals surface area contributed by atoms with Crippen LogP contribution < -0.4 is 10.4 Å². The first kappa shape index (κ1) is 33.2. The van der Waals surface area contributed by atoms with Crippen molar-refractivity contribution in [2.24, 2.45) is 11.8 Å². The fraction of sp³-hybridized carbons (Fsp3) is 0.353. The molecule has 0 amide bonds. The number of methoxy groups -OCH3 is 2. The lowest BCUT2D eigenvalue weighted by Gasteiger charge is -2.45. The molecule has 0 radical (unpaired) electrons. The normalized spacial score (nSPS) is 17.4. The maximum Gasteiger partial charge on any atom is 0.320 e. The zero-order valence-corrected chi connectivity index (χ0v) is 27.9. The van der Waals surface area contributed by atoms with Gasteiger partial charge in [0, 0.05) is 12.1 Å². The quantitative estimate of drug-likeness (QED) is 0.185. The van der Waals surface area contributed by atoms with E-state index in [4.69, 9.17) is 13.9 Å². The van der Waals surface area contributed by atoms with Crippen LogP contribution in [0.15, 0.2) is 102 Å². The summed E-state index contributed by atoms with van der Waals surface area (Å²) in [5.41, 5.74) is 0.934. The molecule has 10 heteroatoms. The summed E-state index contributed by atoms with van der Waals surface area (Å²) in [5.74, 6) is -3.41. The fourth-order valence-corrected chi connectivity index (χ4v) is 12.1. The van der Waals surface area contributed by atoms with E-state index in [9.17, 15) is 18.0 Å². The molecule has 0 spiro atoms. The number of hydrogen-bond acceptors (Lipinski definition) is 7. The molecular formula is C34H41NO7SSi. The zero-order chi connectivity index (χ0) is 32.1. The van der Waals surface area contributed by atoms with E-state index in [2.05, 4.69) is 45.0 Å². The first-order valence-electron chi connectivity index (χ1n) is 14.6. The Hall–Kier alpha value is -3.73. The molecule has 0 saturated heterocycles. The maximum absolute atomic E-state index is 14.1. The van der Waals surface area contributed by atoms with Crippen LogP contribution in [0.25, 0.3) is 0 Å². The summed E-state index contributed by atoms with van der Waals surface area (Å²) in [7, 11) is -4.63. The Balaban J connectivity index is 1.83. The summed E-state index contributed by atoms with van der Waals surface area (Å²) < 4.78 is 46.5. The van der Waals surface area contributed by atoms with Crippen LogP contribution in [-0.2, 0) is 33.5 Å². The zero-order valence-electron chi connectivity index (χ0n) is 26.1. The average Bonchev–Trinajstić information content (AvgIpc) is 3.02. The number of nitrogens with zero attached hydrogens (tertiary/aromatic N) is 1. The molecule has 234 valence electrons. The predicted octanol–water partition coefficient (Wildman–Crippen LogP) is 4.43. The third-order valence-electron chi connectivity index (χ3n) is 8.23. The van der Waals surface area contributed by atoms with Crippen molar-refractivity contribution in [1.29, 1.82) is 0 Å². The van der Waals surface area contributed by atoms with Crippen LogP contribution in [-0.4, -0.2) is 59.8 Å². The van der Waals surface area contributed by atoms with Gasteiger partial charge < -0.3 is 13.9 Å². The molecule has 1 heterocycles. The smallest absolute Gasteiger partial charge is 0.320 e. The number of ether oxygens (including phenoxy) is 2. The van der Waals surface area contributed by atoms with Crippen molar-refractivity contribution in [2.45, 2.75) is 50.1 Å². The molecule has 0 aliphatic carbocycles. The first-order valence-corrected chi connectivity index (χ1v) is 17.9. The number of hydrogen-bond donors (Lipinski definition) is 0. The number of esters is 2. The number of aryl methyl sites for hydroxylation is 1. The van der Waals surface area contributed by atoms with E-state index in [1.54, 1.807) is 30.3 Å². The Morgan fingerprint density at radius 2 is 1.36 bits per heavy atom. The minimum atomic E-state index is -4.01. The van der Waals surface area contributed by atoms with Crippen molar-refractivity contribution in [3.05, 3.63) is 103 Å². The van der Waals surface area contributed by atoms with Gasteiger partial charge in [-0.1, -0.05) is 105 Å². The second-order valence-corrected chi connectivity index (χ2v) is 18.2. The molecule has 4 rings (SSSR count). The standard InChI is InChI=1S/C34H41NO7SSi/c1-25-17-19-28(20-18-25)43(38,39)35-22-21-26(31(32(36)40-5)33(37)41-6)23-27(35)24-42-44(34(2,3)4,29-13-9-7-10-14-29)30-15-11-8-12-16-30/h7-22,26-27,31H,23-24H2,1-6H3/t26-,27-/m1/s1. The van der Waals surface area contributed by atoms with Gasteiger partial charge in [0.2, 0.25) is 0 Å². The average molecular weight is 636 g/mol. The van der Waals surface area contributed by atoms with Crippen LogP contribution in [0.1, 0.15) is 32.8 Å². The van der Waals surface area contributed by atoms with Crippen LogP contribution in [0, 0.1) is 18.8 Å². The Morgan fingerprint density at radius 1 is 0.864 bits per heavy atom. The predicted molar refractivity (Wildman–Crippen MR) is 172 cm³/mol. The lowest BCUT2D eigenvalue weighted by atomic mass is 9.85. The second-order valence-electron chi connectivity index (χ2n) is 12.0. The Bertz CT molecular complexity index is 1510. The summed E-state index contributed by atoms with van der Waals surface area (Å²) in [6.07, 6.45) is 3.15. The number of benzene rings is 3. The van der Waals surface area contributed by atoms with Gasteiger partial charge in [-0.15, -0.1) is 0 Å². The van der Waals surface area contributed by atoms with Gasteiger partial charge in [-0.3, -0.25) is 13.9 Å². The third kappa shape index (κ3) is 6.52. The molecule has 3 aromatic rings. The van der Waals surface area contributed by atoms with E-state index in [1.807, 2.05) is 43.3 Å². The molecule has 0 fully saturated rings. The third-order valence-corrected chi connectivity index (χ3v) is 15.1. The van der Waals surface area contributed by atoms with Gasteiger partial charge in [-0.25, -0.2) is 8.42 Å². The van der Waals surface area contributed by atoms with Crippen molar-refractivity contribution >= 4 is 40.7 Å². The topological polar surface area (TPSA) is 99.2 Å². The molecule has 0 bridgehead atoms.